The van der Waals surface area contributed by atoms with Crippen LogP contribution in [0.25, 0.3) is 10.2 Å². The van der Waals surface area contributed by atoms with Crippen molar-refractivity contribution in [1.82, 2.24) is 9.97 Å². The van der Waals surface area contributed by atoms with Gasteiger partial charge in [-0.1, -0.05) is 18.2 Å². The van der Waals surface area contributed by atoms with Gasteiger partial charge in [0.2, 0.25) is 0 Å². The van der Waals surface area contributed by atoms with Crippen molar-refractivity contribution in [3.8, 4) is 0 Å². The zero-order chi connectivity index (χ0) is 17.1. The van der Waals surface area contributed by atoms with Crippen LogP contribution in [0.1, 0.15) is 39.0 Å². The normalized spacial score (nSPS) is 11.9. The lowest BCUT2D eigenvalue weighted by atomic mass is 10.3. The summed E-state index contributed by atoms with van der Waals surface area (Å²) in [5, 5.41) is 0.702. The number of carbonyl (C=O) groups excluding carboxylic acids is 2. The molecule has 0 saturated carbocycles. The molecule has 0 N–H and O–H groups in total. The van der Waals surface area contributed by atoms with Gasteiger partial charge in [0.05, 0.1) is 17.3 Å². The summed E-state index contributed by atoms with van der Waals surface area (Å²) in [5.41, 5.74) is 0.969. The number of thiazole rings is 1. The molecule has 0 aliphatic heterocycles. The van der Waals surface area contributed by atoms with Gasteiger partial charge in [0, 0.05) is 0 Å². The summed E-state index contributed by atoms with van der Waals surface area (Å²) in [6.45, 7) is 1.75. The second-order valence-electron chi connectivity index (χ2n) is 4.97. The smallest absolute Gasteiger partial charge is 0.357 e. The molecule has 0 spiro atoms. The lowest BCUT2D eigenvalue weighted by molar-refractivity contribution is 0.0330. The minimum atomic E-state index is -0.618. The molecule has 0 amide bonds. The number of nitrogens with zero attached hydrogens (tertiary/aromatic N) is 2. The second kappa shape index (κ2) is 6.76. The first-order chi connectivity index (χ1) is 11.6. The van der Waals surface area contributed by atoms with Crippen molar-refractivity contribution in [2.45, 2.75) is 13.0 Å². The van der Waals surface area contributed by atoms with E-state index in [4.69, 9.17) is 4.74 Å². The van der Waals surface area contributed by atoms with Crippen molar-refractivity contribution >= 4 is 33.5 Å². The number of fused-ring (bicyclic) bond motifs is 1. The van der Waals surface area contributed by atoms with Crippen molar-refractivity contribution in [3.63, 3.8) is 0 Å². The number of para-hydroxylation sites is 1. The molecule has 7 heteroatoms. The molecule has 3 aromatic rings. The maximum atomic E-state index is 12.2. The van der Waals surface area contributed by atoms with E-state index in [1.807, 2.05) is 24.3 Å². The Morgan fingerprint density at radius 2 is 1.71 bits per heavy atom. The Labute approximate surface area is 142 Å². The average Bonchev–Trinajstić information content (AvgIpc) is 3.05. The Morgan fingerprint density at radius 1 is 1.00 bits per heavy atom. The quantitative estimate of drug-likeness (QED) is 0.676. The predicted molar refractivity (Wildman–Crippen MR) is 89.0 cm³/mol. The van der Waals surface area contributed by atoms with Gasteiger partial charge >= 0.3 is 11.9 Å². The zero-order valence-electron chi connectivity index (χ0n) is 13.1. The van der Waals surface area contributed by atoms with Crippen LogP contribution in [-0.2, 0) is 9.47 Å². The van der Waals surface area contributed by atoms with E-state index in [0.717, 1.165) is 10.2 Å². The molecule has 2 heterocycles. The summed E-state index contributed by atoms with van der Waals surface area (Å²) in [6.07, 6.45) is -0.515. The molecule has 1 aromatic carbocycles. The first-order valence-corrected chi connectivity index (χ1v) is 8.02. The number of hydrogen-bond donors (Lipinski definition) is 0. The fraction of sp³-hybridized carbons (Fsp3) is 0.176. The number of aromatic nitrogens is 2. The van der Waals surface area contributed by atoms with Gasteiger partial charge in [-0.15, -0.1) is 11.3 Å². The number of pyridine rings is 1. The lowest BCUT2D eigenvalue weighted by Crippen LogP contribution is -2.13. The fourth-order valence-corrected chi connectivity index (χ4v) is 3.05. The first kappa shape index (κ1) is 16.1. The van der Waals surface area contributed by atoms with E-state index in [1.54, 1.807) is 13.0 Å². The van der Waals surface area contributed by atoms with Crippen LogP contribution in [0.5, 0.6) is 0 Å². The monoisotopic (exact) mass is 342 g/mol. The van der Waals surface area contributed by atoms with Gasteiger partial charge in [0.1, 0.15) is 16.4 Å². The zero-order valence-corrected chi connectivity index (χ0v) is 13.9. The summed E-state index contributed by atoms with van der Waals surface area (Å²) < 4.78 is 11.0. The molecule has 0 aliphatic rings. The van der Waals surface area contributed by atoms with E-state index < -0.39 is 18.0 Å². The molecule has 0 radical (unpaired) electrons. The third-order valence-electron chi connectivity index (χ3n) is 3.29. The van der Waals surface area contributed by atoms with Crippen LogP contribution >= 0.6 is 11.3 Å². The van der Waals surface area contributed by atoms with Gasteiger partial charge in [-0.25, -0.2) is 19.6 Å². The summed E-state index contributed by atoms with van der Waals surface area (Å²) in [7, 11) is 1.25. The number of ether oxygens (including phenoxy) is 2. The number of rotatable bonds is 4. The molecule has 6 nitrogen and oxygen atoms in total. The van der Waals surface area contributed by atoms with Crippen molar-refractivity contribution < 1.29 is 19.1 Å². The van der Waals surface area contributed by atoms with Crippen LogP contribution in [0.4, 0.5) is 0 Å². The Balaban J connectivity index is 1.77. The van der Waals surface area contributed by atoms with Gasteiger partial charge in [0.25, 0.3) is 0 Å². The Bertz CT molecular complexity index is 873. The molecule has 122 valence electrons. The topological polar surface area (TPSA) is 78.4 Å². The number of methoxy groups -OCH3 is 1. The van der Waals surface area contributed by atoms with Crippen molar-refractivity contribution in [2.24, 2.45) is 0 Å². The van der Waals surface area contributed by atoms with E-state index in [0.29, 0.717) is 5.01 Å². The number of benzene rings is 1. The van der Waals surface area contributed by atoms with Crippen LogP contribution in [0, 0.1) is 0 Å². The third kappa shape index (κ3) is 3.26. The average molecular weight is 342 g/mol. The van der Waals surface area contributed by atoms with E-state index in [9.17, 15) is 9.59 Å². The number of carbonyl (C=O) groups is 2. The second-order valence-corrected chi connectivity index (χ2v) is 6.03. The van der Waals surface area contributed by atoms with Gasteiger partial charge in [-0.3, -0.25) is 0 Å². The van der Waals surface area contributed by atoms with Crippen LogP contribution in [0.3, 0.4) is 0 Å². The number of esters is 2. The molecule has 0 unspecified atom stereocenters. The summed E-state index contributed by atoms with van der Waals surface area (Å²) in [6, 6.07) is 12.2. The highest BCUT2D eigenvalue weighted by atomic mass is 32.1. The molecule has 0 bridgehead atoms. The molecule has 24 heavy (non-hydrogen) atoms. The maximum absolute atomic E-state index is 12.2. The molecule has 0 fully saturated rings. The Hall–Kier alpha value is -2.80. The van der Waals surface area contributed by atoms with Crippen LogP contribution in [0.15, 0.2) is 42.5 Å². The largest absolute Gasteiger partial charge is 0.464 e. The first-order valence-electron chi connectivity index (χ1n) is 7.20. The van der Waals surface area contributed by atoms with Crippen LogP contribution in [0.2, 0.25) is 0 Å². The minimum absolute atomic E-state index is 0.0471. The fourth-order valence-electron chi connectivity index (χ4n) is 2.10. The van der Waals surface area contributed by atoms with Gasteiger partial charge < -0.3 is 9.47 Å². The van der Waals surface area contributed by atoms with Crippen molar-refractivity contribution in [1.29, 1.82) is 0 Å². The summed E-state index contributed by atoms with van der Waals surface area (Å²) >= 11 is 1.47. The molecular weight excluding hydrogens is 328 g/mol. The highest BCUT2D eigenvalue weighted by Gasteiger charge is 2.19. The summed E-state index contributed by atoms with van der Waals surface area (Å²) in [4.78, 5) is 32.2. The minimum Gasteiger partial charge on any atom is -0.464 e. The van der Waals surface area contributed by atoms with E-state index >= 15 is 0 Å². The van der Waals surface area contributed by atoms with Gasteiger partial charge in [-0.05, 0) is 31.2 Å². The van der Waals surface area contributed by atoms with Crippen molar-refractivity contribution in [3.05, 3.63) is 58.9 Å². The molecule has 0 saturated heterocycles. The van der Waals surface area contributed by atoms with Crippen molar-refractivity contribution in [2.75, 3.05) is 7.11 Å². The molecule has 1 atom stereocenters. The molecule has 2 aromatic heterocycles. The third-order valence-corrected chi connectivity index (χ3v) is 4.49. The highest BCUT2D eigenvalue weighted by Crippen LogP contribution is 2.28. The summed E-state index contributed by atoms with van der Waals surface area (Å²) in [5.74, 6) is -1.23. The van der Waals surface area contributed by atoms with Gasteiger partial charge in [0.15, 0.2) is 6.10 Å². The van der Waals surface area contributed by atoms with E-state index in [-0.39, 0.29) is 11.4 Å². The maximum Gasteiger partial charge on any atom is 0.357 e. The molecule has 0 aliphatic carbocycles. The predicted octanol–water partition coefficient (Wildman–Crippen LogP) is 3.40. The van der Waals surface area contributed by atoms with E-state index in [1.165, 1.54) is 30.6 Å². The standard InChI is InChI=1S/C17H14N2O4S/c1-10(15-19-11-6-3-4-9-14(11)24-15)23-17(21)13-8-5-7-12(18-13)16(20)22-2/h3-10H,1-2H3/t10-/m1/s1. The SMILES string of the molecule is COC(=O)c1cccc(C(=O)O[C@H](C)c2nc3ccccc3s2)n1. The molecule has 3 rings (SSSR count). The van der Waals surface area contributed by atoms with E-state index in [2.05, 4.69) is 14.7 Å². The molecular formula is C17H14N2O4S. The number of hydrogen-bond acceptors (Lipinski definition) is 7. The lowest BCUT2D eigenvalue weighted by Gasteiger charge is -2.10. The Kier molecular flexibility index (Phi) is 4.52. The Morgan fingerprint density at radius 3 is 2.42 bits per heavy atom. The van der Waals surface area contributed by atoms with Crippen LogP contribution < -0.4 is 0 Å². The highest BCUT2D eigenvalue weighted by molar-refractivity contribution is 7.18. The van der Waals surface area contributed by atoms with Gasteiger partial charge in [-0.2, -0.15) is 0 Å². The van der Waals surface area contributed by atoms with Crippen LogP contribution in [-0.4, -0.2) is 29.0 Å².